The van der Waals surface area contributed by atoms with E-state index in [0.717, 1.165) is 21.8 Å². The highest BCUT2D eigenvalue weighted by atomic mass is 32.2. The summed E-state index contributed by atoms with van der Waals surface area (Å²) >= 11 is 1.66. The minimum absolute atomic E-state index is 0.101. The molecule has 7 heteroatoms. The number of carbonyl (C=O) groups is 2. The predicted molar refractivity (Wildman–Crippen MR) is 114 cm³/mol. The van der Waals surface area contributed by atoms with Gasteiger partial charge in [-0.2, -0.15) is 0 Å². The van der Waals surface area contributed by atoms with Crippen LogP contribution in [-0.2, 0) is 14.3 Å². The summed E-state index contributed by atoms with van der Waals surface area (Å²) in [6.45, 7) is 2.97. The van der Waals surface area contributed by atoms with Crippen LogP contribution in [0, 0.1) is 0 Å². The van der Waals surface area contributed by atoms with Crippen LogP contribution < -0.4 is 16.4 Å². The van der Waals surface area contributed by atoms with E-state index in [-0.39, 0.29) is 11.8 Å². The van der Waals surface area contributed by atoms with E-state index >= 15 is 0 Å². The van der Waals surface area contributed by atoms with Gasteiger partial charge in [0.15, 0.2) is 0 Å². The van der Waals surface area contributed by atoms with Crippen molar-refractivity contribution in [3.63, 3.8) is 0 Å². The molecule has 2 aromatic rings. The smallest absolute Gasteiger partial charge is 0.221 e. The lowest BCUT2D eigenvalue weighted by atomic mass is 9.94. The fraction of sp³-hybridized carbons (Fsp3) is 0.190. The van der Waals surface area contributed by atoms with Crippen molar-refractivity contribution < 1.29 is 9.59 Å². The Bertz CT molecular complexity index is 936. The second-order valence-electron chi connectivity index (χ2n) is 6.55. The van der Waals surface area contributed by atoms with Gasteiger partial charge in [0.25, 0.3) is 0 Å². The maximum Gasteiger partial charge on any atom is 0.221 e. The molecule has 1 aliphatic heterocycles. The van der Waals surface area contributed by atoms with Gasteiger partial charge in [0, 0.05) is 36.3 Å². The zero-order valence-corrected chi connectivity index (χ0v) is 16.5. The first-order valence-electron chi connectivity index (χ1n) is 8.82. The topological polar surface area (TPSA) is 96.6 Å². The lowest BCUT2D eigenvalue weighted by molar-refractivity contribution is -0.115. The van der Waals surface area contributed by atoms with Crippen molar-refractivity contribution >= 4 is 41.2 Å². The van der Waals surface area contributed by atoms with Gasteiger partial charge in [-0.15, -0.1) is 11.8 Å². The van der Waals surface area contributed by atoms with Crippen LogP contribution in [0.1, 0.15) is 25.8 Å². The Morgan fingerprint density at radius 1 is 0.964 bits per heavy atom. The average molecular weight is 395 g/mol. The lowest BCUT2D eigenvalue weighted by Gasteiger charge is -2.31. The third kappa shape index (κ3) is 4.80. The molecule has 28 heavy (non-hydrogen) atoms. The molecule has 144 valence electrons. The SMILES string of the molecule is CC(=O)Nc1ccc(SC2(c3ccc(NC(C)=O)cc3)C=NC(N)=CC2)cc1. The summed E-state index contributed by atoms with van der Waals surface area (Å²) in [6, 6.07) is 15.4. The first-order valence-corrected chi connectivity index (χ1v) is 9.64. The Labute approximate surface area is 168 Å². The quantitative estimate of drug-likeness (QED) is 0.717. The second-order valence-corrected chi connectivity index (χ2v) is 7.95. The van der Waals surface area contributed by atoms with E-state index in [9.17, 15) is 9.59 Å². The van der Waals surface area contributed by atoms with Crippen LogP contribution >= 0.6 is 11.8 Å². The molecule has 6 nitrogen and oxygen atoms in total. The van der Waals surface area contributed by atoms with Gasteiger partial charge in [-0.1, -0.05) is 12.1 Å². The van der Waals surface area contributed by atoms with Crippen LogP contribution in [0.2, 0.25) is 0 Å². The van der Waals surface area contributed by atoms with Crippen LogP contribution in [0.5, 0.6) is 0 Å². The first kappa shape index (κ1) is 19.7. The van der Waals surface area contributed by atoms with E-state index in [1.54, 1.807) is 11.8 Å². The molecule has 0 saturated heterocycles. The molecule has 0 spiro atoms. The summed E-state index contributed by atoms with van der Waals surface area (Å²) in [7, 11) is 0. The summed E-state index contributed by atoms with van der Waals surface area (Å²) in [5.41, 5.74) is 8.40. The summed E-state index contributed by atoms with van der Waals surface area (Å²) in [4.78, 5) is 27.8. The van der Waals surface area contributed by atoms with Crippen molar-refractivity contribution in [1.82, 2.24) is 0 Å². The Morgan fingerprint density at radius 3 is 1.96 bits per heavy atom. The Balaban J connectivity index is 1.87. The normalized spacial score (nSPS) is 18.3. The number of thioether (sulfide) groups is 1. The summed E-state index contributed by atoms with van der Waals surface area (Å²) in [6.07, 6.45) is 4.49. The molecule has 2 aromatic carbocycles. The van der Waals surface area contributed by atoms with Crippen molar-refractivity contribution in [3.05, 3.63) is 66.0 Å². The van der Waals surface area contributed by atoms with Crippen molar-refractivity contribution in [3.8, 4) is 0 Å². The zero-order chi connectivity index (χ0) is 20.1. The molecule has 0 bridgehead atoms. The summed E-state index contributed by atoms with van der Waals surface area (Å²) in [5.74, 6) is 0.300. The molecule has 3 rings (SSSR count). The Hall–Kier alpha value is -3.06. The van der Waals surface area contributed by atoms with Crippen molar-refractivity contribution in [2.24, 2.45) is 10.7 Å². The number of aliphatic imine (C=N–C) groups is 1. The molecule has 1 aliphatic rings. The number of hydrogen-bond acceptors (Lipinski definition) is 5. The molecule has 1 atom stereocenters. The van der Waals surface area contributed by atoms with Gasteiger partial charge in [-0.3, -0.25) is 9.59 Å². The number of hydrogen-bond donors (Lipinski definition) is 3. The van der Waals surface area contributed by atoms with Crippen molar-refractivity contribution in [2.45, 2.75) is 29.9 Å². The molecular formula is C21H22N4O2S. The third-order valence-electron chi connectivity index (χ3n) is 4.21. The van der Waals surface area contributed by atoms with E-state index in [0.29, 0.717) is 12.2 Å². The number of nitrogens with one attached hydrogen (secondary N) is 2. The Kier molecular flexibility index (Phi) is 5.84. The van der Waals surface area contributed by atoms with Gasteiger partial charge >= 0.3 is 0 Å². The number of anilines is 2. The highest BCUT2D eigenvalue weighted by Gasteiger charge is 2.33. The second kappa shape index (κ2) is 8.31. The molecule has 0 saturated carbocycles. The largest absolute Gasteiger partial charge is 0.384 e. The fourth-order valence-electron chi connectivity index (χ4n) is 2.92. The molecular weight excluding hydrogens is 372 g/mol. The van der Waals surface area contributed by atoms with E-state index in [1.807, 2.05) is 60.8 Å². The van der Waals surface area contributed by atoms with Gasteiger partial charge in [0.2, 0.25) is 11.8 Å². The van der Waals surface area contributed by atoms with Crippen molar-refractivity contribution in [1.29, 1.82) is 0 Å². The number of rotatable bonds is 5. The lowest BCUT2D eigenvalue weighted by Crippen LogP contribution is -2.26. The van der Waals surface area contributed by atoms with E-state index < -0.39 is 4.75 Å². The van der Waals surface area contributed by atoms with Crippen LogP contribution in [0.25, 0.3) is 0 Å². The monoisotopic (exact) mass is 394 g/mol. The molecule has 2 amide bonds. The van der Waals surface area contributed by atoms with Gasteiger partial charge < -0.3 is 16.4 Å². The standard InChI is InChI=1S/C21H22N4O2S/c1-14(26)24-17-5-3-16(4-6-17)21(12-11-20(22)23-13-21)28-19-9-7-18(8-10-19)25-15(2)27/h3-11,13H,12,22H2,1-2H3,(H,24,26)(H,25,27). The summed E-state index contributed by atoms with van der Waals surface area (Å²) in [5, 5.41) is 5.55. The third-order valence-corrected chi connectivity index (χ3v) is 5.59. The number of allylic oxidation sites excluding steroid dienone is 1. The predicted octanol–water partition coefficient (Wildman–Crippen LogP) is 3.87. The van der Waals surface area contributed by atoms with Crippen LogP contribution in [0.4, 0.5) is 11.4 Å². The Morgan fingerprint density at radius 2 is 1.50 bits per heavy atom. The van der Waals surface area contributed by atoms with Crippen LogP contribution in [0.3, 0.4) is 0 Å². The van der Waals surface area contributed by atoms with E-state index in [4.69, 9.17) is 5.73 Å². The van der Waals surface area contributed by atoms with Gasteiger partial charge in [0.1, 0.15) is 5.82 Å². The van der Waals surface area contributed by atoms with Crippen LogP contribution in [-0.4, -0.2) is 18.0 Å². The average Bonchev–Trinajstić information content (AvgIpc) is 2.65. The molecule has 1 unspecified atom stereocenters. The number of carbonyl (C=O) groups excluding carboxylic acids is 2. The summed E-state index contributed by atoms with van der Waals surface area (Å²) < 4.78 is -0.410. The van der Waals surface area contributed by atoms with Gasteiger partial charge in [-0.05, 0) is 54.5 Å². The van der Waals surface area contributed by atoms with Crippen molar-refractivity contribution in [2.75, 3.05) is 10.6 Å². The number of nitrogens with two attached hydrogens (primary N) is 1. The first-order chi connectivity index (χ1) is 13.4. The van der Waals surface area contributed by atoms with Crippen LogP contribution in [0.15, 0.2) is 70.3 Å². The number of amides is 2. The maximum absolute atomic E-state index is 11.3. The maximum atomic E-state index is 11.3. The highest BCUT2D eigenvalue weighted by Crippen LogP contribution is 2.45. The van der Waals surface area contributed by atoms with Gasteiger partial charge in [-0.25, -0.2) is 4.99 Å². The number of nitrogens with zero attached hydrogens (tertiary/aromatic N) is 1. The molecule has 0 aromatic heterocycles. The minimum Gasteiger partial charge on any atom is -0.384 e. The molecule has 0 fully saturated rings. The molecule has 0 radical (unpaired) electrons. The molecule has 4 N–H and O–H groups in total. The number of benzene rings is 2. The van der Waals surface area contributed by atoms with E-state index in [2.05, 4.69) is 15.6 Å². The fourth-order valence-corrected chi connectivity index (χ4v) is 4.14. The highest BCUT2D eigenvalue weighted by molar-refractivity contribution is 8.01. The molecule has 1 heterocycles. The molecule has 0 aliphatic carbocycles. The van der Waals surface area contributed by atoms with E-state index in [1.165, 1.54) is 13.8 Å². The zero-order valence-electron chi connectivity index (χ0n) is 15.7. The minimum atomic E-state index is -0.410. The van der Waals surface area contributed by atoms with Gasteiger partial charge in [0.05, 0.1) is 4.75 Å².